The van der Waals surface area contributed by atoms with Crippen molar-refractivity contribution < 1.29 is 4.79 Å². The molecule has 0 spiro atoms. The Bertz CT molecular complexity index is 1150. The molecule has 2 N–H and O–H groups in total. The van der Waals surface area contributed by atoms with Gasteiger partial charge in [0.2, 0.25) is 0 Å². The third-order valence-corrected chi connectivity index (χ3v) is 5.07. The minimum absolute atomic E-state index is 0.343. The molecule has 0 aliphatic carbocycles. The number of imidazole rings is 1. The second kappa shape index (κ2) is 7.93. The summed E-state index contributed by atoms with van der Waals surface area (Å²) in [6.07, 6.45) is 3.39. The maximum Gasteiger partial charge on any atom is 0.320 e. The molecule has 0 aliphatic heterocycles. The Morgan fingerprint density at radius 1 is 1.07 bits per heavy atom. The monoisotopic (exact) mass is 405 g/mol. The highest BCUT2D eigenvalue weighted by Crippen LogP contribution is 2.31. The Kier molecular flexibility index (Phi) is 5.18. The lowest BCUT2D eigenvalue weighted by atomic mass is 9.99. The summed E-state index contributed by atoms with van der Waals surface area (Å²) >= 11 is 6.53. The summed E-state index contributed by atoms with van der Waals surface area (Å²) < 4.78 is 1.71. The number of benzene rings is 2. The second-order valence-electron chi connectivity index (χ2n) is 6.84. The van der Waals surface area contributed by atoms with E-state index in [0.717, 1.165) is 22.4 Å². The molecule has 0 bridgehead atoms. The number of aromatic nitrogens is 3. The number of nitrogens with one attached hydrogen (secondary N) is 2. The molecule has 0 saturated carbocycles. The van der Waals surface area contributed by atoms with Crippen LogP contribution in [0.3, 0.4) is 0 Å². The van der Waals surface area contributed by atoms with Crippen LogP contribution in [0.4, 0.5) is 10.5 Å². The summed E-state index contributed by atoms with van der Waals surface area (Å²) in [7, 11) is 0. The Morgan fingerprint density at radius 2 is 1.86 bits per heavy atom. The second-order valence-corrected chi connectivity index (χ2v) is 7.25. The molecule has 0 saturated heterocycles. The van der Waals surface area contributed by atoms with Crippen LogP contribution in [0.5, 0.6) is 0 Å². The average molecular weight is 406 g/mol. The maximum absolute atomic E-state index is 12.8. The zero-order valence-electron chi connectivity index (χ0n) is 16.1. The van der Waals surface area contributed by atoms with E-state index in [2.05, 4.69) is 20.7 Å². The van der Waals surface area contributed by atoms with Gasteiger partial charge in [0.15, 0.2) is 5.65 Å². The number of aryl methyl sites for hydroxylation is 2. The van der Waals surface area contributed by atoms with Gasteiger partial charge in [-0.25, -0.2) is 14.3 Å². The van der Waals surface area contributed by atoms with Crippen LogP contribution in [0.1, 0.15) is 28.4 Å². The molecule has 7 heteroatoms. The van der Waals surface area contributed by atoms with Crippen molar-refractivity contribution in [3.8, 4) is 0 Å². The Labute approximate surface area is 173 Å². The quantitative estimate of drug-likeness (QED) is 0.506. The summed E-state index contributed by atoms with van der Waals surface area (Å²) in [6.45, 7) is 3.96. The molecule has 1 atom stereocenters. The van der Waals surface area contributed by atoms with Crippen LogP contribution in [0.15, 0.2) is 67.0 Å². The molecule has 2 heterocycles. The molecule has 1 unspecified atom stereocenters. The Balaban J connectivity index is 1.72. The smallest absolute Gasteiger partial charge is 0.320 e. The van der Waals surface area contributed by atoms with Gasteiger partial charge in [0.25, 0.3) is 0 Å². The maximum atomic E-state index is 12.8. The fourth-order valence-electron chi connectivity index (χ4n) is 3.28. The van der Waals surface area contributed by atoms with Crippen LogP contribution < -0.4 is 10.6 Å². The normalized spacial score (nSPS) is 12.0. The van der Waals surface area contributed by atoms with Gasteiger partial charge >= 0.3 is 6.03 Å². The standard InChI is InChI=1S/C22H20ClN5O/c1-14-8-10-16(11-9-14)26-22(29)27-21(20-15(2)5-3-6-17(20)23)18-13-24-19-7-4-12-25-28(18)19/h3-13,21H,1-2H3,(H2,26,27,29). The SMILES string of the molecule is Cc1ccc(NC(=O)NC(c2c(C)cccc2Cl)c2cnc3cccnn23)cc1. The van der Waals surface area contributed by atoms with E-state index in [4.69, 9.17) is 11.6 Å². The first kappa shape index (κ1) is 19.0. The van der Waals surface area contributed by atoms with Crippen LogP contribution in [0.2, 0.25) is 5.02 Å². The predicted octanol–water partition coefficient (Wildman–Crippen LogP) is 4.91. The van der Waals surface area contributed by atoms with Crippen molar-refractivity contribution in [1.82, 2.24) is 19.9 Å². The first-order valence-corrected chi connectivity index (χ1v) is 9.58. The van der Waals surface area contributed by atoms with Gasteiger partial charge in [-0.05, 0) is 49.7 Å². The van der Waals surface area contributed by atoms with Crippen molar-refractivity contribution in [3.63, 3.8) is 0 Å². The summed E-state index contributed by atoms with van der Waals surface area (Å²) in [5.41, 5.74) is 5.01. The van der Waals surface area contributed by atoms with Crippen LogP contribution in [-0.4, -0.2) is 20.6 Å². The molecular weight excluding hydrogens is 386 g/mol. The third-order valence-electron chi connectivity index (χ3n) is 4.74. The first-order valence-electron chi connectivity index (χ1n) is 9.21. The van der Waals surface area contributed by atoms with Crippen molar-refractivity contribution in [3.05, 3.63) is 94.4 Å². The lowest BCUT2D eigenvalue weighted by molar-refractivity contribution is 0.250. The molecular formula is C22H20ClN5O. The zero-order chi connectivity index (χ0) is 20.4. The van der Waals surface area contributed by atoms with Gasteiger partial charge in [-0.2, -0.15) is 5.10 Å². The van der Waals surface area contributed by atoms with Crippen LogP contribution >= 0.6 is 11.6 Å². The lowest BCUT2D eigenvalue weighted by Gasteiger charge is -2.22. The largest absolute Gasteiger partial charge is 0.325 e. The number of halogens is 1. The van der Waals surface area contributed by atoms with E-state index in [1.54, 1.807) is 16.9 Å². The van der Waals surface area contributed by atoms with Crippen molar-refractivity contribution in [2.24, 2.45) is 0 Å². The zero-order valence-corrected chi connectivity index (χ0v) is 16.8. The fourth-order valence-corrected chi connectivity index (χ4v) is 3.61. The van der Waals surface area contributed by atoms with Crippen molar-refractivity contribution >= 4 is 29.0 Å². The van der Waals surface area contributed by atoms with Gasteiger partial charge in [-0.3, -0.25) is 0 Å². The van der Waals surface area contributed by atoms with Crippen LogP contribution in [-0.2, 0) is 0 Å². The minimum Gasteiger partial charge on any atom is -0.325 e. The number of nitrogens with zero attached hydrogens (tertiary/aromatic N) is 3. The molecule has 2 aromatic carbocycles. The number of anilines is 1. The minimum atomic E-state index is -0.529. The fraction of sp³-hybridized carbons (Fsp3) is 0.136. The number of rotatable bonds is 4. The molecule has 2 amide bonds. The number of hydrogen-bond acceptors (Lipinski definition) is 3. The first-order chi connectivity index (χ1) is 14.0. The van der Waals surface area contributed by atoms with E-state index in [-0.39, 0.29) is 6.03 Å². The van der Waals surface area contributed by atoms with Gasteiger partial charge in [0.1, 0.15) is 6.04 Å². The molecule has 0 radical (unpaired) electrons. The number of carbonyl (C=O) groups is 1. The van der Waals surface area contributed by atoms with Gasteiger partial charge in [0.05, 0.1) is 11.9 Å². The van der Waals surface area contributed by atoms with Crippen molar-refractivity contribution in [2.45, 2.75) is 19.9 Å². The third kappa shape index (κ3) is 3.93. The summed E-state index contributed by atoms with van der Waals surface area (Å²) in [4.78, 5) is 17.2. The highest BCUT2D eigenvalue weighted by atomic mass is 35.5. The van der Waals surface area contributed by atoms with E-state index >= 15 is 0 Å². The molecule has 4 rings (SSSR count). The van der Waals surface area contributed by atoms with Gasteiger partial charge < -0.3 is 10.6 Å². The lowest BCUT2D eigenvalue weighted by Crippen LogP contribution is -2.34. The molecule has 0 aliphatic rings. The van der Waals surface area contributed by atoms with Crippen molar-refractivity contribution in [2.75, 3.05) is 5.32 Å². The summed E-state index contributed by atoms with van der Waals surface area (Å²) in [6, 6.07) is 16.1. The molecule has 4 aromatic rings. The van der Waals surface area contributed by atoms with Crippen molar-refractivity contribution in [1.29, 1.82) is 0 Å². The summed E-state index contributed by atoms with van der Waals surface area (Å²) in [5, 5.41) is 10.9. The van der Waals surface area contributed by atoms with Crippen LogP contribution in [0.25, 0.3) is 5.65 Å². The molecule has 0 fully saturated rings. The molecule has 29 heavy (non-hydrogen) atoms. The Morgan fingerprint density at radius 3 is 2.62 bits per heavy atom. The summed E-state index contributed by atoms with van der Waals surface area (Å²) in [5.74, 6) is 0. The number of amides is 2. The number of carbonyl (C=O) groups excluding carboxylic acids is 1. The predicted molar refractivity (Wildman–Crippen MR) is 114 cm³/mol. The molecule has 6 nitrogen and oxygen atoms in total. The van der Waals surface area contributed by atoms with Gasteiger partial charge in [-0.15, -0.1) is 0 Å². The van der Waals surface area contributed by atoms with E-state index < -0.39 is 6.04 Å². The topological polar surface area (TPSA) is 71.3 Å². The van der Waals surface area contributed by atoms with Gasteiger partial charge in [0, 0.05) is 22.5 Å². The Hall–Kier alpha value is -3.38. The van der Waals surface area contributed by atoms with E-state index in [9.17, 15) is 4.79 Å². The van der Waals surface area contributed by atoms with E-state index in [1.807, 2.05) is 68.4 Å². The molecule has 2 aromatic heterocycles. The van der Waals surface area contributed by atoms with E-state index in [0.29, 0.717) is 16.4 Å². The number of fused-ring (bicyclic) bond motifs is 1. The highest BCUT2D eigenvalue weighted by Gasteiger charge is 2.25. The molecule has 146 valence electrons. The number of hydrogen-bond donors (Lipinski definition) is 2. The van der Waals surface area contributed by atoms with Crippen LogP contribution in [0, 0.1) is 13.8 Å². The average Bonchev–Trinajstić information content (AvgIpc) is 3.13. The van der Waals surface area contributed by atoms with E-state index in [1.165, 1.54) is 0 Å². The van der Waals surface area contributed by atoms with Gasteiger partial charge in [-0.1, -0.05) is 41.4 Å². The highest BCUT2D eigenvalue weighted by molar-refractivity contribution is 6.31. The number of urea groups is 1.